The van der Waals surface area contributed by atoms with Gasteiger partial charge < -0.3 is 20.6 Å². The van der Waals surface area contributed by atoms with Crippen LogP contribution in [0.2, 0.25) is 0 Å². The van der Waals surface area contributed by atoms with Crippen LogP contribution in [0.3, 0.4) is 0 Å². The molecule has 1 heterocycles. The summed E-state index contributed by atoms with van der Waals surface area (Å²) in [5.74, 6) is -0.428. The molecule has 5 heteroatoms. The minimum Gasteiger partial charge on any atom is -0.504 e. The Kier molecular flexibility index (Phi) is 1.68. The Bertz CT molecular complexity index is 757. The van der Waals surface area contributed by atoms with Gasteiger partial charge in [0.15, 0.2) is 17.3 Å². The fraction of sp³-hybridized carbons (Fsp3) is 0.438. The number of hydrogen-bond donors (Lipinski definition) is 4. The van der Waals surface area contributed by atoms with Crippen molar-refractivity contribution in [3.05, 3.63) is 35.4 Å². The van der Waals surface area contributed by atoms with Gasteiger partial charge in [-0.1, -0.05) is 6.07 Å². The smallest absolute Gasteiger partial charge is 0.161 e. The Labute approximate surface area is 120 Å². The normalized spacial score (nSPS) is 45.0. The van der Waals surface area contributed by atoms with Gasteiger partial charge in [-0.15, -0.1) is 0 Å². The van der Waals surface area contributed by atoms with Gasteiger partial charge in [-0.3, -0.25) is 4.79 Å². The zero-order chi connectivity index (χ0) is 14.6. The Morgan fingerprint density at radius 3 is 2.81 bits per heavy atom. The monoisotopic (exact) mass is 285 g/mol. The molecule has 0 radical (unpaired) electrons. The van der Waals surface area contributed by atoms with Crippen molar-refractivity contribution in [2.45, 2.75) is 35.3 Å². The topological polar surface area (TPSA) is 89.8 Å². The zero-order valence-corrected chi connectivity index (χ0v) is 11.3. The molecule has 4 atom stereocenters. The molecule has 1 aliphatic heterocycles. The van der Waals surface area contributed by atoms with Crippen molar-refractivity contribution < 1.29 is 20.1 Å². The van der Waals surface area contributed by atoms with Gasteiger partial charge in [0.25, 0.3) is 0 Å². The van der Waals surface area contributed by atoms with E-state index in [4.69, 9.17) is 0 Å². The van der Waals surface area contributed by atoms with Crippen LogP contribution in [0.25, 0.3) is 0 Å². The molecular formula is C16H15NO4. The molecular weight excluding hydrogens is 270 g/mol. The number of ketones is 1. The quantitative estimate of drug-likeness (QED) is 0.512. The summed E-state index contributed by atoms with van der Waals surface area (Å²) >= 11 is 0. The number of phenols is 2. The SMILES string of the molecule is O=C1C=CC2(O)C3NCC34CC2(C1)c1c4ccc(O)c1O. The van der Waals surface area contributed by atoms with Gasteiger partial charge in [-0.25, -0.2) is 0 Å². The summed E-state index contributed by atoms with van der Waals surface area (Å²) in [6.45, 7) is 0.723. The summed E-state index contributed by atoms with van der Waals surface area (Å²) in [4.78, 5) is 12.0. The highest BCUT2D eigenvalue weighted by atomic mass is 16.3. The number of benzene rings is 1. The number of rotatable bonds is 0. The minimum atomic E-state index is -1.18. The third-order valence-electron chi connectivity index (χ3n) is 6.17. The molecule has 1 aromatic rings. The van der Waals surface area contributed by atoms with Crippen molar-refractivity contribution >= 4 is 5.78 Å². The fourth-order valence-corrected chi connectivity index (χ4v) is 5.39. The van der Waals surface area contributed by atoms with Crippen LogP contribution in [-0.4, -0.2) is 39.3 Å². The van der Waals surface area contributed by atoms with Crippen LogP contribution < -0.4 is 5.32 Å². The molecule has 4 unspecified atom stereocenters. The summed E-state index contributed by atoms with van der Waals surface area (Å²) in [5, 5.41) is 34.8. The van der Waals surface area contributed by atoms with Crippen molar-refractivity contribution in [1.82, 2.24) is 5.32 Å². The number of aliphatic hydroxyl groups is 1. The van der Waals surface area contributed by atoms with Gasteiger partial charge in [0.2, 0.25) is 0 Å². The number of hydrogen-bond acceptors (Lipinski definition) is 5. The first kappa shape index (κ1) is 11.8. The van der Waals surface area contributed by atoms with Crippen LogP contribution in [0, 0.1) is 0 Å². The van der Waals surface area contributed by atoms with Gasteiger partial charge in [0.05, 0.1) is 6.04 Å². The van der Waals surface area contributed by atoms with E-state index in [0.717, 1.165) is 12.1 Å². The van der Waals surface area contributed by atoms with Gasteiger partial charge in [0, 0.05) is 29.4 Å². The van der Waals surface area contributed by atoms with Crippen LogP contribution in [0.4, 0.5) is 0 Å². The Hall–Kier alpha value is -1.85. The summed E-state index contributed by atoms with van der Waals surface area (Å²) in [5.41, 5.74) is -0.720. The molecule has 2 bridgehead atoms. The zero-order valence-electron chi connectivity index (χ0n) is 11.3. The van der Waals surface area contributed by atoms with Crippen LogP contribution >= 0.6 is 0 Å². The lowest BCUT2D eigenvalue weighted by atomic mass is 9.58. The number of allylic oxidation sites excluding steroid dienone is 1. The Balaban J connectivity index is 1.91. The third-order valence-corrected chi connectivity index (χ3v) is 6.17. The van der Waals surface area contributed by atoms with E-state index in [-0.39, 0.29) is 35.2 Å². The first-order valence-corrected chi connectivity index (χ1v) is 7.18. The largest absolute Gasteiger partial charge is 0.504 e. The van der Waals surface area contributed by atoms with Crippen molar-refractivity contribution in [2.75, 3.05) is 6.54 Å². The van der Waals surface area contributed by atoms with E-state index in [9.17, 15) is 20.1 Å². The summed E-state index contributed by atoms with van der Waals surface area (Å²) < 4.78 is 0. The molecule has 1 saturated heterocycles. The van der Waals surface area contributed by atoms with E-state index in [0.29, 0.717) is 12.0 Å². The lowest BCUT2D eigenvalue weighted by Crippen LogP contribution is -2.73. The molecule has 108 valence electrons. The molecule has 2 fully saturated rings. The van der Waals surface area contributed by atoms with E-state index in [2.05, 4.69) is 5.32 Å². The van der Waals surface area contributed by atoms with Crippen molar-refractivity contribution in [3.8, 4) is 11.5 Å². The highest BCUT2D eigenvalue weighted by Crippen LogP contribution is 2.72. The van der Waals surface area contributed by atoms with Crippen LogP contribution in [0.5, 0.6) is 11.5 Å². The minimum absolute atomic E-state index is 0.0493. The maximum atomic E-state index is 12.0. The first-order valence-electron chi connectivity index (χ1n) is 7.18. The van der Waals surface area contributed by atoms with Gasteiger partial charge in [0.1, 0.15) is 5.60 Å². The van der Waals surface area contributed by atoms with E-state index in [1.165, 1.54) is 12.1 Å². The fourth-order valence-electron chi connectivity index (χ4n) is 5.39. The average molecular weight is 285 g/mol. The molecule has 4 N–H and O–H groups in total. The molecule has 0 amide bonds. The summed E-state index contributed by atoms with van der Waals surface area (Å²) in [6, 6.07) is 3.19. The van der Waals surface area contributed by atoms with E-state index in [1.807, 2.05) is 6.07 Å². The Morgan fingerprint density at radius 2 is 2.10 bits per heavy atom. The van der Waals surface area contributed by atoms with Gasteiger partial charge >= 0.3 is 0 Å². The second kappa shape index (κ2) is 3.00. The second-order valence-corrected chi connectivity index (χ2v) is 6.89. The number of phenolic OH excluding ortho intramolecular Hbond substituents is 2. The van der Waals surface area contributed by atoms with E-state index in [1.54, 1.807) is 6.08 Å². The number of nitrogens with one attached hydrogen (secondary N) is 1. The van der Waals surface area contributed by atoms with Crippen molar-refractivity contribution in [3.63, 3.8) is 0 Å². The number of fused-ring (bicyclic) bond motifs is 2. The summed E-state index contributed by atoms with van der Waals surface area (Å²) in [7, 11) is 0. The predicted octanol–water partition coefficient (Wildman–Crippen LogP) is 0.223. The lowest BCUT2D eigenvalue weighted by Gasteiger charge is -2.55. The van der Waals surface area contributed by atoms with Crippen LogP contribution in [-0.2, 0) is 15.6 Å². The Morgan fingerprint density at radius 1 is 1.29 bits per heavy atom. The van der Waals surface area contributed by atoms with Crippen molar-refractivity contribution in [2.24, 2.45) is 0 Å². The summed E-state index contributed by atoms with van der Waals surface area (Å²) in [6.07, 6.45) is 3.84. The average Bonchev–Trinajstić information content (AvgIpc) is 2.79. The molecule has 3 aliphatic carbocycles. The number of carbonyl (C=O) groups excluding carboxylic acids is 1. The van der Waals surface area contributed by atoms with E-state index >= 15 is 0 Å². The molecule has 1 saturated carbocycles. The lowest BCUT2D eigenvalue weighted by molar-refractivity contribution is -0.120. The molecule has 21 heavy (non-hydrogen) atoms. The molecule has 2 spiro atoms. The highest BCUT2D eigenvalue weighted by molar-refractivity contribution is 5.94. The molecule has 1 aromatic carbocycles. The number of carbonyl (C=O) groups is 1. The number of aromatic hydroxyl groups is 2. The van der Waals surface area contributed by atoms with Crippen LogP contribution in [0.1, 0.15) is 24.0 Å². The van der Waals surface area contributed by atoms with Gasteiger partial charge in [-0.2, -0.15) is 0 Å². The molecule has 4 aliphatic rings. The van der Waals surface area contributed by atoms with Crippen LogP contribution in [0.15, 0.2) is 24.3 Å². The second-order valence-electron chi connectivity index (χ2n) is 6.89. The maximum Gasteiger partial charge on any atom is 0.161 e. The maximum absolute atomic E-state index is 12.0. The highest BCUT2D eigenvalue weighted by Gasteiger charge is 2.79. The molecule has 5 nitrogen and oxygen atoms in total. The third kappa shape index (κ3) is 0.935. The standard InChI is InChI=1S/C16H15NO4/c18-8-3-4-16(21)13-14(7-17-13)6-15(16,5-8)11-9(14)1-2-10(19)12(11)20/h1-4,13,17,19-21H,5-7H2. The predicted molar refractivity (Wildman–Crippen MR) is 73.2 cm³/mol. The molecule has 0 aromatic heterocycles. The van der Waals surface area contributed by atoms with E-state index < -0.39 is 11.0 Å². The van der Waals surface area contributed by atoms with Crippen molar-refractivity contribution in [1.29, 1.82) is 0 Å². The molecule has 5 rings (SSSR count). The van der Waals surface area contributed by atoms with Gasteiger partial charge in [-0.05, 0) is 30.2 Å². The first-order chi connectivity index (χ1) is 9.95.